The molecule has 5 heterocycles. The summed E-state index contributed by atoms with van der Waals surface area (Å²) in [5, 5.41) is 52.4. The van der Waals surface area contributed by atoms with Gasteiger partial charge in [0, 0.05) is 53.6 Å². The van der Waals surface area contributed by atoms with Crippen LogP contribution in [0.1, 0.15) is 52.4 Å². The Morgan fingerprint density at radius 3 is 2.61 bits per heavy atom. The Labute approximate surface area is 284 Å². The number of allylic oxidation sites excluding steroid dienone is 1. The maximum absolute atomic E-state index is 15.3. The average Bonchev–Trinajstić information content (AvgIpc) is 3.89. The molecule has 0 unspecified atom stereocenters. The number of hydrogen-bond acceptors (Lipinski definition) is 12. The molecule has 0 aromatic carbocycles. The van der Waals surface area contributed by atoms with Gasteiger partial charge in [-0.3, -0.25) is 14.5 Å². The fourth-order valence-corrected chi connectivity index (χ4v) is 15.3. The third-order valence-electron chi connectivity index (χ3n) is 16.9. The summed E-state index contributed by atoms with van der Waals surface area (Å²) in [5.74, 6) is -0.345. The van der Waals surface area contributed by atoms with Crippen LogP contribution >= 0.6 is 0 Å². The molecule has 0 aromatic rings. The van der Waals surface area contributed by atoms with Gasteiger partial charge in [-0.05, 0) is 67.6 Å². The molecule has 3 spiro atoms. The van der Waals surface area contributed by atoms with Crippen LogP contribution < -0.4 is 0 Å². The maximum Gasteiger partial charge on any atom is 0.316 e. The molecule has 5 saturated heterocycles. The summed E-state index contributed by atoms with van der Waals surface area (Å²) in [6.45, 7) is 5.74. The molecule has 266 valence electrons. The smallest absolute Gasteiger partial charge is 0.316 e. The monoisotopic (exact) mass is 681 g/mol. The minimum atomic E-state index is -1.63. The van der Waals surface area contributed by atoms with Crippen molar-refractivity contribution in [1.82, 2.24) is 4.90 Å². The Balaban J connectivity index is 1.07. The van der Waals surface area contributed by atoms with Crippen LogP contribution in [0.4, 0.5) is 0 Å². The molecule has 5 N–H and O–H groups in total. The molecular formula is C37H47NO11. The van der Waals surface area contributed by atoms with Crippen molar-refractivity contribution >= 4 is 11.8 Å². The highest BCUT2D eigenvalue weighted by Gasteiger charge is 2.88. The Bertz CT molecular complexity index is 1630. The second kappa shape index (κ2) is 9.43. The first kappa shape index (κ1) is 30.8. The van der Waals surface area contributed by atoms with Gasteiger partial charge < -0.3 is 44.5 Å². The number of nitrogens with zero attached hydrogens (tertiary/aromatic N) is 1. The highest BCUT2D eigenvalue weighted by molar-refractivity contribution is 5.96. The number of esters is 1. The molecule has 0 aromatic heterocycles. The molecule has 5 aliphatic heterocycles. The number of fused-ring (bicyclic) bond motifs is 4. The lowest BCUT2D eigenvalue weighted by Gasteiger charge is -2.62. The van der Waals surface area contributed by atoms with Gasteiger partial charge >= 0.3 is 5.97 Å². The predicted molar refractivity (Wildman–Crippen MR) is 166 cm³/mol. The third-order valence-corrected chi connectivity index (χ3v) is 16.9. The highest BCUT2D eigenvalue weighted by Crippen LogP contribution is 2.86. The van der Waals surface area contributed by atoms with Crippen LogP contribution in [0.2, 0.25) is 0 Å². The van der Waals surface area contributed by atoms with Crippen LogP contribution in [0.5, 0.6) is 0 Å². The fourth-order valence-electron chi connectivity index (χ4n) is 15.3. The molecule has 11 aliphatic rings. The van der Waals surface area contributed by atoms with Gasteiger partial charge in [0.1, 0.15) is 41.7 Å². The maximum atomic E-state index is 15.3. The second-order valence-electron chi connectivity index (χ2n) is 17.8. The molecule has 49 heavy (non-hydrogen) atoms. The van der Waals surface area contributed by atoms with Crippen LogP contribution in [0.15, 0.2) is 22.8 Å². The van der Waals surface area contributed by atoms with E-state index in [-0.39, 0.29) is 29.8 Å². The fraction of sp³-hybridized carbons (Fsp3) is 0.838. The standard InChI is InChI=1S/C37H47NO11/c1-14-10-38-11-16-3-5-35-9-19(17-4-6-36(28(17)35)29(44)18(14)8-22(38)34(16,36)2)30-37(35)24-20(47-33(37)45)7-15(12-39)23(24)31(48-30)49-32-27(43)26(42)25(41)21(13-40)46-32/h7,14,16,18-27,30-32,39-43H,3-6,8-13H2,1-2H3/t14-,16-,18-,19+,20+,21-,22-,23-,24+,25-,26+,27-,30-,31+,32+,34-,35+,36+,37-/m1/s1. The normalized spacial score (nSPS) is 60.3. The van der Waals surface area contributed by atoms with Crippen molar-refractivity contribution in [2.75, 3.05) is 26.3 Å². The molecule has 12 heteroatoms. The van der Waals surface area contributed by atoms with Gasteiger partial charge in [-0.25, -0.2) is 0 Å². The lowest BCUT2D eigenvalue weighted by atomic mass is 9.41. The summed E-state index contributed by atoms with van der Waals surface area (Å²) in [5.41, 5.74) is 0.692. The highest BCUT2D eigenvalue weighted by atomic mass is 16.8. The number of ether oxygens (including phenoxy) is 4. The van der Waals surface area contributed by atoms with Crippen molar-refractivity contribution in [2.45, 2.75) is 108 Å². The van der Waals surface area contributed by atoms with Crippen molar-refractivity contribution < 1.29 is 54.1 Å². The first-order valence-corrected chi connectivity index (χ1v) is 18.7. The number of rotatable bonds is 4. The number of ketones is 1. The largest absolute Gasteiger partial charge is 0.457 e. The van der Waals surface area contributed by atoms with Gasteiger partial charge in [0.25, 0.3) is 0 Å². The minimum absolute atomic E-state index is 0.0200. The van der Waals surface area contributed by atoms with Crippen LogP contribution in [0.25, 0.3) is 0 Å². The third kappa shape index (κ3) is 3.02. The summed E-state index contributed by atoms with van der Waals surface area (Å²) in [6, 6.07) is 0.356. The first-order valence-electron chi connectivity index (χ1n) is 18.7. The van der Waals surface area contributed by atoms with Crippen LogP contribution in [0.3, 0.4) is 0 Å². The Hall–Kier alpha value is -1.74. The van der Waals surface area contributed by atoms with E-state index in [2.05, 4.69) is 18.7 Å². The van der Waals surface area contributed by atoms with Gasteiger partial charge in [0.05, 0.1) is 24.7 Å². The average molecular weight is 682 g/mol. The summed E-state index contributed by atoms with van der Waals surface area (Å²) in [7, 11) is 0. The predicted octanol–water partition coefficient (Wildman–Crippen LogP) is 0.0402. The van der Waals surface area contributed by atoms with E-state index in [0.29, 0.717) is 29.2 Å². The summed E-state index contributed by atoms with van der Waals surface area (Å²) in [4.78, 5) is 32.9. The Kier molecular flexibility index (Phi) is 5.93. The SMILES string of the molecule is C[C@@H]1CN2C[C@H]3CC[C@]45C[C@@H](C6=C4[C@@]4(CC6)C(=O)[C@@H]1C[C@@H]2[C@@]34C)[C@H]1O[C@@H](O[C@@H]2O[C@H](CO)[C@@H](O)[C@H](O)[C@H]2O)[C@@H]2C(CO)=C[C@@H]3OC(=O)[C@@]15[C@H]23. The number of aliphatic hydroxyl groups excluding tert-OH is 5. The molecule has 19 atom stereocenters. The van der Waals surface area contributed by atoms with Gasteiger partial charge in [-0.15, -0.1) is 0 Å². The molecule has 0 radical (unpaired) electrons. The molecule has 8 fully saturated rings. The van der Waals surface area contributed by atoms with Gasteiger partial charge in [-0.2, -0.15) is 0 Å². The van der Waals surface area contributed by atoms with Crippen LogP contribution in [0, 0.1) is 57.2 Å². The number of aliphatic hydroxyl groups is 5. The van der Waals surface area contributed by atoms with E-state index in [0.717, 1.165) is 51.6 Å². The molecule has 12 nitrogen and oxygen atoms in total. The van der Waals surface area contributed by atoms with E-state index >= 15 is 4.79 Å². The van der Waals surface area contributed by atoms with E-state index in [1.54, 1.807) is 0 Å². The number of piperidine rings is 1. The van der Waals surface area contributed by atoms with Crippen molar-refractivity contribution in [1.29, 1.82) is 0 Å². The lowest BCUT2D eigenvalue weighted by Crippen LogP contribution is -2.68. The van der Waals surface area contributed by atoms with E-state index in [1.807, 2.05) is 6.08 Å². The van der Waals surface area contributed by atoms with Crippen LogP contribution in [-0.2, 0) is 28.5 Å². The first-order chi connectivity index (χ1) is 23.5. The minimum Gasteiger partial charge on any atom is -0.457 e. The van der Waals surface area contributed by atoms with Crippen molar-refractivity contribution in [2.24, 2.45) is 57.2 Å². The Morgan fingerprint density at radius 1 is 1.02 bits per heavy atom. The van der Waals surface area contributed by atoms with E-state index in [4.69, 9.17) is 18.9 Å². The topological polar surface area (TPSA) is 175 Å². The zero-order valence-corrected chi connectivity index (χ0v) is 27.9. The summed E-state index contributed by atoms with van der Waals surface area (Å²) >= 11 is 0. The van der Waals surface area contributed by atoms with Gasteiger partial charge in [0.2, 0.25) is 0 Å². The molecule has 11 rings (SSSR count). The van der Waals surface area contributed by atoms with Crippen molar-refractivity contribution in [3.63, 3.8) is 0 Å². The number of Topliss-reactive ketones (excluding diaryl/α,β-unsaturated/α-hetero) is 1. The second-order valence-corrected chi connectivity index (χ2v) is 17.8. The quantitative estimate of drug-likeness (QED) is 0.199. The zero-order valence-electron chi connectivity index (χ0n) is 27.9. The number of carbonyl (C=O) groups is 2. The van der Waals surface area contributed by atoms with Gasteiger partial charge in [0.15, 0.2) is 12.6 Å². The molecule has 6 aliphatic carbocycles. The lowest BCUT2D eigenvalue weighted by molar-refractivity contribution is -0.366. The molecular weight excluding hydrogens is 634 g/mol. The molecule has 4 bridgehead atoms. The van der Waals surface area contributed by atoms with E-state index in [9.17, 15) is 30.3 Å². The summed E-state index contributed by atoms with van der Waals surface area (Å²) in [6.07, 6.45) is -2.85. The number of carbonyl (C=O) groups excluding carboxylic acids is 2. The number of hydrogen-bond donors (Lipinski definition) is 5. The van der Waals surface area contributed by atoms with Crippen molar-refractivity contribution in [3.05, 3.63) is 22.8 Å². The van der Waals surface area contributed by atoms with Crippen LogP contribution in [-0.4, -0.2) is 124 Å². The zero-order chi connectivity index (χ0) is 33.7. The van der Waals surface area contributed by atoms with Crippen molar-refractivity contribution in [3.8, 4) is 0 Å². The van der Waals surface area contributed by atoms with Gasteiger partial charge in [-0.1, -0.05) is 19.4 Å². The van der Waals surface area contributed by atoms with E-state index in [1.165, 1.54) is 11.1 Å². The Morgan fingerprint density at radius 2 is 1.84 bits per heavy atom. The molecule has 3 saturated carbocycles. The molecule has 0 amide bonds. The summed E-state index contributed by atoms with van der Waals surface area (Å²) < 4.78 is 25.5. The van der Waals surface area contributed by atoms with E-state index < -0.39 is 83.9 Å².